The quantitative estimate of drug-likeness (QED) is 0.0197. The average molecular weight is 1800 g/mol. The standard InChI is InChI=1S/C21H30N2O8.C19H29N3O3.C19H30N2O4.C18H28N2O4.C17H26N2O4/c1-21(2,3)20(29)22-12-15-5-4-6-16(11-15)19(28)23(7-9-30-17(26)13-24)8-10-31-18(27)14-25;1-6-22(7-2)16(23)13-20-17(24)15-10-8-9-14(11-15)12-21-18(25)19(3,4)5;1-19(2,3)18(23)20-14-15-7-6-8-16(13-15)17(22)21(9-11-24-4)10-12-25-5;1-18(2,3)17(23)19-13-14-6-5-7-15(12-14)16(22)20(8-10-21)9-11-24-4;1-17(2,3)16(23)18-12-13-5-4-6-14(11-13)15(22)19(7-9-20)8-10-21/h4-6,11,24-25H,7-10,12-14H2,1-3H3,(H,22,29);8-11H,6-7,12-13H2,1-5H3,(H,20,24)(H,21,25);6-8,13H,9-12,14H2,1-5H3,(H,20,23);5-7,12,21H,8-11,13H2,1-4H3,(H,19,23);4-6,11,20-21H,7-10,12H2,1-3H3,(H,18,23). The molecule has 11 N–H and O–H groups in total. The van der Waals surface area contributed by atoms with E-state index in [0.29, 0.717) is 107 Å². The number of nitrogens with one attached hydrogen (secondary N) is 6. The molecular weight excluding hydrogens is 1650 g/mol. The van der Waals surface area contributed by atoms with Gasteiger partial charge in [-0.1, -0.05) is 165 Å². The van der Waals surface area contributed by atoms with E-state index in [1.54, 1.807) is 142 Å². The normalized spacial score (nSPS) is 11.1. The average Bonchev–Trinajstić information content (AvgIpc) is 0.868. The van der Waals surface area contributed by atoms with Gasteiger partial charge in [-0.2, -0.15) is 0 Å². The fourth-order valence-electron chi connectivity index (χ4n) is 10.9. The number of benzene rings is 5. The van der Waals surface area contributed by atoms with Crippen LogP contribution in [0.4, 0.5) is 0 Å². The van der Waals surface area contributed by atoms with Gasteiger partial charge in [-0.05, 0) is 102 Å². The van der Waals surface area contributed by atoms with Crippen LogP contribution in [0.25, 0.3) is 0 Å². The van der Waals surface area contributed by atoms with Gasteiger partial charge in [0.2, 0.25) is 35.4 Å². The SMILES string of the molecule is CC(C)(C)C(=O)NCc1cccc(C(=O)N(CCO)CCO)c1.CC(C)(C)C(=O)NCc1cccc(C(=O)N(CCOC(=O)CO)CCOC(=O)CO)c1.CCN(CC)C(=O)CNC(=O)c1cccc(CNC(=O)C(C)(C)C)c1.COCCN(CCO)C(=O)c1cccc(CNC(=O)C(C)(C)C)c1.COCCN(CCOC)C(=O)c1cccc(CNC(=O)C(C)(C)C)c1. The molecule has 0 saturated heterocycles. The molecule has 0 aromatic heterocycles. The van der Waals surface area contributed by atoms with Gasteiger partial charge in [0.25, 0.3) is 29.5 Å². The van der Waals surface area contributed by atoms with E-state index in [1.165, 1.54) is 9.80 Å². The summed E-state index contributed by atoms with van der Waals surface area (Å²) >= 11 is 0. The van der Waals surface area contributed by atoms with Crippen molar-refractivity contribution in [2.75, 3.05) is 159 Å². The van der Waals surface area contributed by atoms with Gasteiger partial charge in [0.05, 0.1) is 59.3 Å². The van der Waals surface area contributed by atoms with Crippen molar-refractivity contribution in [3.63, 3.8) is 0 Å². The number of hydrogen-bond donors (Lipinski definition) is 11. The fraction of sp³-hybridized carbons (Fsp3) is 0.543. The summed E-state index contributed by atoms with van der Waals surface area (Å²) in [5.41, 5.74) is 4.16. The molecule has 5 rings (SSSR count). The first-order chi connectivity index (χ1) is 60.1. The van der Waals surface area contributed by atoms with Crippen LogP contribution in [0.15, 0.2) is 121 Å². The van der Waals surface area contributed by atoms with E-state index in [2.05, 4.69) is 31.9 Å². The lowest BCUT2D eigenvalue weighted by atomic mass is 9.95. The predicted octanol–water partition coefficient (Wildman–Crippen LogP) is 6.10. The Morgan fingerprint density at radius 1 is 0.297 bits per heavy atom. The Morgan fingerprint density at radius 3 is 0.734 bits per heavy atom. The van der Waals surface area contributed by atoms with Gasteiger partial charge in [-0.15, -0.1) is 0 Å². The topological polar surface area (TPSA) is 458 Å². The first-order valence-electron chi connectivity index (χ1n) is 42.6. The van der Waals surface area contributed by atoms with Crippen molar-refractivity contribution in [1.29, 1.82) is 0 Å². The summed E-state index contributed by atoms with van der Waals surface area (Å²) in [5.74, 6) is -3.23. The monoisotopic (exact) mass is 1790 g/mol. The highest BCUT2D eigenvalue weighted by Crippen LogP contribution is 2.21. The van der Waals surface area contributed by atoms with E-state index in [-0.39, 0.29) is 138 Å². The van der Waals surface area contributed by atoms with E-state index in [9.17, 15) is 62.3 Å². The second-order valence-electron chi connectivity index (χ2n) is 34.5. The summed E-state index contributed by atoms with van der Waals surface area (Å²) in [6.45, 7) is 35.5. The number of likely N-dealkylation sites (N-methyl/N-ethyl adjacent to an activating group) is 1. The lowest BCUT2D eigenvalue weighted by Crippen LogP contribution is -2.40. The van der Waals surface area contributed by atoms with Crippen molar-refractivity contribution in [1.82, 2.24) is 56.4 Å². The number of carbonyl (C=O) groups excluding carboxylic acids is 13. The van der Waals surface area contributed by atoms with Crippen molar-refractivity contribution in [3.05, 3.63) is 177 Å². The Hall–Kier alpha value is -11.1. The van der Waals surface area contributed by atoms with Gasteiger partial charge in [-0.25, -0.2) is 9.59 Å². The zero-order valence-corrected chi connectivity index (χ0v) is 78.8. The number of methoxy groups -OCH3 is 3. The molecular formula is C94H143N11O23. The lowest BCUT2D eigenvalue weighted by Gasteiger charge is -2.23. The third kappa shape index (κ3) is 46.1. The summed E-state index contributed by atoms with van der Waals surface area (Å²) in [5, 5.41) is 61.5. The van der Waals surface area contributed by atoms with Crippen LogP contribution in [0.5, 0.6) is 0 Å². The number of esters is 2. The Labute approximate surface area is 755 Å². The minimum Gasteiger partial charge on any atom is -0.462 e. The van der Waals surface area contributed by atoms with Gasteiger partial charge in [0, 0.05) is 161 Å². The molecule has 34 nitrogen and oxygen atoms in total. The van der Waals surface area contributed by atoms with E-state index in [0.717, 1.165) is 27.8 Å². The third-order valence-corrected chi connectivity index (χ3v) is 18.5. The number of rotatable bonds is 42. The molecule has 5 aromatic carbocycles. The first-order valence-corrected chi connectivity index (χ1v) is 42.6. The molecule has 0 radical (unpaired) electrons. The van der Waals surface area contributed by atoms with Crippen molar-refractivity contribution < 1.29 is 112 Å². The lowest BCUT2D eigenvalue weighted by molar-refractivity contribution is -0.147. The number of aliphatic hydroxyl groups excluding tert-OH is 5. The molecule has 0 bridgehead atoms. The number of ether oxygens (including phenoxy) is 5. The second-order valence-corrected chi connectivity index (χ2v) is 34.5. The Kier molecular flexibility index (Phi) is 53.7. The van der Waals surface area contributed by atoms with Crippen LogP contribution in [0, 0.1) is 27.1 Å². The molecule has 0 atom stereocenters. The van der Waals surface area contributed by atoms with Crippen LogP contribution >= 0.6 is 0 Å². The van der Waals surface area contributed by atoms with Gasteiger partial charge >= 0.3 is 11.9 Å². The summed E-state index contributed by atoms with van der Waals surface area (Å²) in [4.78, 5) is 164. The van der Waals surface area contributed by atoms with Crippen LogP contribution in [0.3, 0.4) is 0 Å². The van der Waals surface area contributed by atoms with E-state index >= 15 is 0 Å². The molecule has 0 heterocycles. The third-order valence-electron chi connectivity index (χ3n) is 18.5. The second kappa shape index (κ2) is 59.8. The number of aliphatic hydroxyl groups is 5. The molecule has 11 amide bonds. The minimum absolute atomic E-state index is 0.00619. The van der Waals surface area contributed by atoms with Gasteiger partial charge in [-0.3, -0.25) is 52.7 Å². The summed E-state index contributed by atoms with van der Waals surface area (Å²) < 4.78 is 24.8. The molecule has 0 aliphatic carbocycles. The molecule has 128 heavy (non-hydrogen) atoms. The van der Waals surface area contributed by atoms with Crippen LogP contribution in [-0.2, 0) is 94.8 Å². The number of carbonyl (C=O) groups is 13. The minimum atomic E-state index is -0.823. The van der Waals surface area contributed by atoms with Crippen LogP contribution in [-0.4, -0.2) is 286 Å². The maximum atomic E-state index is 12.9. The zero-order valence-electron chi connectivity index (χ0n) is 78.8. The largest absolute Gasteiger partial charge is 0.462 e. The van der Waals surface area contributed by atoms with E-state index in [4.69, 9.17) is 49.2 Å². The number of nitrogens with zero attached hydrogens (tertiary/aromatic N) is 5. The summed E-state index contributed by atoms with van der Waals surface area (Å²) in [7, 11) is 4.79. The van der Waals surface area contributed by atoms with Crippen molar-refractivity contribution in [3.8, 4) is 0 Å². The van der Waals surface area contributed by atoms with Crippen LogP contribution in [0.1, 0.15) is 197 Å². The summed E-state index contributed by atoms with van der Waals surface area (Å²) in [6, 6.07) is 35.2. The Bertz CT molecular complexity index is 4260. The maximum Gasteiger partial charge on any atom is 0.331 e. The highest BCUT2D eigenvalue weighted by Gasteiger charge is 2.28. The Morgan fingerprint density at radius 2 is 0.516 bits per heavy atom. The molecule has 34 heteroatoms. The smallest absolute Gasteiger partial charge is 0.331 e. The maximum absolute atomic E-state index is 12.9. The van der Waals surface area contributed by atoms with Crippen LogP contribution in [0.2, 0.25) is 0 Å². The predicted molar refractivity (Wildman–Crippen MR) is 486 cm³/mol. The fourth-order valence-corrected chi connectivity index (χ4v) is 10.9. The molecule has 0 spiro atoms. The molecule has 0 aliphatic rings. The van der Waals surface area contributed by atoms with Gasteiger partial charge in [0.15, 0.2) is 0 Å². The molecule has 0 fully saturated rings. The van der Waals surface area contributed by atoms with E-state index < -0.39 is 58.1 Å². The molecule has 0 saturated carbocycles. The highest BCUT2D eigenvalue weighted by atomic mass is 16.6. The Balaban J connectivity index is 0.000000803. The van der Waals surface area contributed by atoms with Crippen molar-refractivity contribution in [2.45, 2.75) is 150 Å². The van der Waals surface area contributed by atoms with Crippen LogP contribution < -0.4 is 31.9 Å². The first kappa shape index (κ1) is 115. The molecule has 712 valence electrons. The number of hydrogen-bond acceptors (Lipinski definition) is 23. The molecule has 0 unspecified atom stereocenters. The van der Waals surface area contributed by atoms with Gasteiger partial charge < -0.3 is 106 Å². The molecule has 5 aromatic rings. The number of amides is 11. The molecule has 0 aliphatic heterocycles. The highest BCUT2D eigenvalue weighted by molar-refractivity contribution is 5.98. The van der Waals surface area contributed by atoms with Gasteiger partial charge in [0.1, 0.15) is 26.4 Å². The van der Waals surface area contributed by atoms with Crippen molar-refractivity contribution in [2.24, 2.45) is 27.1 Å². The van der Waals surface area contributed by atoms with E-state index in [1.807, 2.05) is 133 Å². The summed E-state index contributed by atoms with van der Waals surface area (Å²) in [6.07, 6.45) is 0. The zero-order chi connectivity index (χ0) is 97.0. The van der Waals surface area contributed by atoms with Crippen molar-refractivity contribution >= 4 is 76.9 Å².